The van der Waals surface area contributed by atoms with Crippen molar-refractivity contribution in [3.63, 3.8) is 0 Å². The van der Waals surface area contributed by atoms with Crippen molar-refractivity contribution in [2.45, 2.75) is 25.7 Å². The molecule has 0 radical (unpaired) electrons. The highest BCUT2D eigenvalue weighted by atomic mass is 35.5. The maximum atomic E-state index is 5.57. The zero-order valence-corrected chi connectivity index (χ0v) is 9.20. The number of thiazole rings is 1. The van der Waals surface area contributed by atoms with Gasteiger partial charge in [-0.3, -0.25) is 0 Å². The van der Waals surface area contributed by atoms with Gasteiger partial charge < -0.3 is 5.32 Å². The van der Waals surface area contributed by atoms with Gasteiger partial charge in [-0.1, -0.05) is 12.8 Å². The molecule has 4 heteroatoms. The third kappa shape index (κ3) is 5.11. The van der Waals surface area contributed by atoms with Crippen molar-refractivity contribution in [2.75, 3.05) is 17.7 Å². The molecular formula is C9H15ClN2S. The summed E-state index contributed by atoms with van der Waals surface area (Å²) in [7, 11) is 0. The molecule has 1 rings (SSSR count). The third-order valence-corrected chi connectivity index (χ3v) is 2.77. The SMILES string of the molecule is ClCCCCCCNc1nccs1. The number of hydrogen-bond acceptors (Lipinski definition) is 3. The highest BCUT2D eigenvalue weighted by Crippen LogP contribution is 2.10. The van der Waals surface area contributed by atoms with Gasteiger partial charge in [-0.2, -0.15) is 0 Å². The second-order valence-corrected chi connectivity index (χ2v) is 4.14. The van der Waals surface area contributed by atoms with Crippen LogP contribution in [-0.4, -0.2) is 17.4 Å². The van der Waals surface area contributed by atoms with Crippen molar-refractivity contribution < 1.29 is 0 Å². The molecule has 0 aliphatic rings. The Morgan fingerprint density at radius 3 is 2.85 bits per heavy atom. The predicted molar refractivity (Wildman–Crippen MR) is 59.8 cm³/mol. The molecule has 0 aliphatic heterocycles. The van der Waals surface area contributed by atoms with E-state index in [1.54, 1.807) is 11.3 Å². The van der Waals surface area contributed by atoms with E-state index in [0.29, 0.717) is 0 Å². The summed E-state index contributed by atoms with van der Waals surface area (Å²) < 4.78 is 0. The van der Waals surface area contributed by atoms with Crippen LogP contribution in [0, 0.1) is 0 Å². The molecule has 0 unspecified atom stereocenters. The van der Waals surface area contributed by atoms with Gasteiger partial charge in [0.2, 0.25) is 0 Å². The van der Waals surface area contributed by atoms with E-state index in [0.717, 1.165) is 24.0 Å². The number of nitrogens with zero attached hydrogens (tertiary/aromatic N) is 1. The number of aromatic nitrogens is 1. The van der Waals surface area contributed by atoms with Gasteiger partial charge in [0.05, 0.1) is 0 Å². The summed E-state index contributed by atoms with van der Waals surface area (Å²) in [6.45, 7) is 1.02. The summed E-state index contributed by atoms with van der Waals surface area (Å²) in [5, 5.41) is 6.28. The van der Waals surface area contributed by atoms with Crippen LogP contribution in [0.4, 0.5) is 5.13 Å². The summed E-state index contributed by atoms with van der Waals surface area (Å²) in [4.78, 5) is 4.14. The number of anilines is 1. The van der Waals surface area contributed by atoms with E-state index in [9.17, 15) is 0 Å². The van der Waals surface area contributed by atoms with Gasteiger partial charge in [-0.25, -0.2) is 4.98 Å². The molecule has 0 saturated heterocycles. The quantitative estimate of drug-likeness (QED) is 0.561. The maximum absolute atomic E-state index is 5.57. The molecule has 0 saturated carbocycles. The summed E-state index contributed by atoms with van der Waals surface area (Å²) >= 11 is 7.22. The molecular weight excluding hydrogens is 204 g/mol. The Morgan fingerprint density at radius 1 is 1.31 bits per heavy atom. The standard InChI is InChI=1S/C9H15ClN2S/c10-5-3-1-2-4-6-11-9-12-7-8-13-9/h7-8H,1-6H2,(H,11,12). The van der Waals surface area contributed by atoms with Crippen molar-refractivity contribution in [1.82, 2.24) is 4.98 Å². The van der Waals surface area contributed by atoms with Crippen LogP contribution in [0.25, 0.3) is 0 Å². The van der Waals surface area contributed by atoms with Gasteiger partial charge in [0, 0.05) is 24.0 Å². The van der Waals surface area contributed by atoms with Crippen LogP contribution in [0.1, 0.15) is 25.7 Å². The number of rotatable bonds is 7. The molecule has 0 spiro atoms. The van der Waals surface area contributed by atoms with Crippen LogP contribution in [0.5, 0.6) is 0 Å². The molecule has 1 aromatic rings. The lowest BCUT2D eigenvalue weighted by atomic mass is 10.2. The minimum Gasteiger partial charge on any atom is -0.362 e. The normalized spacial score (nSPS) is 10.2. The van der Waals surface area contributed by atoms with Crippen molar-refractivity contribution >= 4 is 28.1 Å². The van der Waals surface area contributed by atoms with Crippen LogP contribution in [0.2, 0.25) is 0 Å². The van der Waals surface area contributed by atoms with Gasteiger partial charge in [0.1, 0.15) is 0 Å². The lowest BCUT2D eigenvalue weighted by Gasteiger charge is -2.01. The fourth-order valence-corrected chi connectivity index (χ4v) is 1.83. The number of hydrogen-bond donors (Lipinski definition) is 1. The first-order valence-electron chi connectivity index (χ1n) is 4.63. The summed E-state index contributed by atoms with van der Waals surface area (Å²) in [6.07, 6.45) is 6.66. The van der Waals surface area contributed by atoms with Crippen LogP contribution >= 0.6 is 22.9 Å². The minimum absolute atomic E-state index is 0.792. The Kier molecular flexibility index (Phi) is 5.94. The van der Waals surface area contributed by atoms with E-state index in [4.69, 9.17) is 11.6 Å². The van der Waals surface area contributed by atoms with Crippen LogP contribution in [0.15, 0.2) is 11.6 Å². The fraction of sp³-hybridized carbons (Fsp3) is 0.667. The number of halogens is 1. The fourth-order valence-electron chi connectivity index (χ4n) is 1.08. The first-order valence-corrected chi connectivity index (χ1v) is 6.04. The number of unbranched alkanes of at least 4 members (excludes halogenated alkanes) is 3. The summed E-state index contributed by atoms with van der Waals surface area (Å²) in [5.74, 6) is 0.792. The highest BCUT2D eigenvalue weighted by Gasteiger charge is 1.92. The molecule has 0 bridgehead atoms. The Labute approximate surface area is 88.3 Å². The second kappa shape index (κ2) is 7.15. The number of alkyl halides is 1. The van der Waals surface area contributed by atoms with E-state index in [-0.39, 0.29) is 0 Å². The Hall–Kier alpha value is -0.280. The molecule has 1 heterocycles. The Balaban J connectivity index is 1.90. The molecule has 2 nitrogen and oxygen atoms in total. The molecule has 1 N–H and O–H groups in total. The van der Waals surface area contributed by atoms with Crippen molar-refractivity contribution in [3.8, 4) is 0 Å². The van der Waals surface area contributed by atoms with Gasteiger partial charge in [0.25, 0.3) is 0 Å². The smallest absolute Gasteiger partial charge is 0.182 e. The van der Waals surface area contributed by atoms with E-state index >= 15 is 0 Å². The number of nitrogens with one attached hydrogen (secondary N) is 1. The molecule has 0 fully saturated rings. The Bertz CT molecular complexity index is 201. The first-order chi connectivity index (χ1) is 6.43. The van der Waals surface area contributed by atoms with Crippen molar-refractivity contribution in [1.29, 1.82) is 0 Å². The molecule has 13 heavy (non-hydrogen) atoms. The topological polar surface area (TPSA) is 24.9 Å². The first kappa shape index (κ1) is 10.8. The molecule has 1 aromatic heterocycles. The minimum atomic E-state index is 0.792. The van der Waals surface area contributed by atoms with Crippen molar-refractivity contribution in [2.24, 2.45) is 0 Å². The van der Waals surface area contributed by atoms with Crippen LogP contribution in [0.3, 0.4) is 0 Å². The highest BCUT2D eigenvalue weighted by molar-refractivity contribution is 7.13. The lowest BCUT2D eigenvalue weighted by Crippen LogP contribution is -2.00. The maximum Gasteiger partial charge on any atom is 0.182 e. The van der Waals surface area contributed by atoms with Gasteiger partial charge >= 0.3 is 0 Å². The zero-order valence-electron chi connectivity index (χ0n) is 7.63. The van der Waals surface area contributed by atoms with Crippen LogP contribution < -0.4 is 5.32 Å². The van der Waals surface area contributed by atoms with E-state index in [1.165, 1.54) is 19.3 Å². The lowest BCUT2D eigenvalue weighted by molar-refractivity contribution is 0.687. The average molecular weight is 219 g/mol. The van der Waals surface area contributed by atoms with E-state index < -0.39 is 0 Å². The van der Waals surface area contributed by atoms with Crippen molar-refractivity contribution in [3.05, 3.63) is 11.6 Å². The molecule has 0 aromatic carbocycles. The van der Waals surface area contributed by atoms with E-state index in [1.807, 2.05) is 11.6 Å². The summed E-state index contributed by atoms with van der Waals surface area (Å²) in [6, 6.07) is 0. The van der Waals surface area contributed by atoms with Gasteiger partial charge in [-0.05, 0) is 12.8 Å². The largest absolute Gasteiger partial charge is 0.362 e. The molecule has 0 aliphatic carbocycles. The molecule has 74 valence electrons. The van der Waals surface area contributed by atoms with Gasteiger partial charge in [0.15, 0.2) is 5.13 Å². The van der Waals surface area contributed by atoms with E-state index in [2.05, 4.69) is 10.3 Å². The zero-order chi connectivity index (χ0) is 9.36. The monoisotopic (exact) mass is 218 g/mol. The molecule has 0 amide bonds. The second-order valence-electron chi connectivity index (χ2n) is 2.87. The average Bonchev–Trinajstić information content (AvgIpc) is 2.63. The summed E-state index contributed by atoms with van der Waals surface area (Å²) in [5.41, 5.74) is 0. The molecule has 0 atom stereocenters. The Morgan fingerprint density at radius 2 is 2.15 bits per heavy atom. The predicted octanol–water partition coefficient (Wildman–Crippen LogP) is 3.35. The van der Waals surface area contributed by atoms with Crippen LogP contribution in [-0.2, 0) is 0 Å². The third-order valence-electron chi connectivity index (χ3n) is 1.77. The van der Waals surface area contributed by atoms with Gasteiger partial charge in [-0.15, -0.1) is 22.9 Å².